The van der Waals surface area contributed by atoms with E-state index < -0.39 is 6.09 Å². The van der Waals surface area contributed by atoms with Crippen LogP contribution in [0.4, 0.5) is 4.79 Å². The number of ether oxygens (including phenoxy) is 2. The Labute approximate surface area is 109 Å². The maximum atomic E-state index is 10.8. The summed E-state index contributed by atoms with van der Waals surface area (Å²) in [4.78, 5) is 10.8. The smallest absolute Gasteiger partial charge is 0.427 e. The van der Waals surface area contributed by atoms with Gasteiger partial charge in [-0.25, -0.2) is 10.2 Å². The monoisotopic (exact) mass is 272 g/mol. The molecule has 7 heteroatoms. The molecular weight excluding hydrogens is 260 g/mol. The third-order valence-electron chi connectivity index (χ3n) is 1.91. The Morgan fingerprint density at radius 3 is 2.94 bits per heavy atom. The van der Waals surface area contributed by atoms with Crippen LogP contribution in [-0.2, 0) is 4.74 Å². The molecule has 0 aliphatic rings. The number of hydrazone groups is 1. The highest BCUT2D eigenvalue weighted by Gasteiger charge is 2.08. The zero-order valence-electron chi connectivity index (χ0n) is 9.94. The number of carbonyl (C=O) groups is 1. The molecule has 1 rings (SSSR count). The van der Waals surface area contributed by atoms with Crippen LogP contribution in [0.15, 0.2) is 17.2 Å². The average Bonchev–Trinajstić information content (AvgIpc) is 2.35. The second-order valence-electron chi connectivity index (χ2n) is 3.14. The fraction of sp³-hybridized carbons (Fsp3) is 0.273. The standard InChI is InChI=1S/C11H13ClN2O4/c1-3-18-9-5-7(4-8(12)10(9)15)6-13-14-11(16)17-2/h4-6,15H,3H2,1-2H3,(H,14,16)/b13-6+. The number of nitrogens with one attached hydrogen (secondary N) is 1. The Morgan fingerprint density at radius 2 is 2.33 bits per heavy atom. The number of amides is 1. The van der Waals surface area contributed by atoms with Gasteiger partial charge >= 0.3 is 6.09 Å². The van der Waals surface area contributed by atoms with E-state index in [9.17, 15) is 9.90 Å². The van der Waals surface area contributed by atoms with Crippen LogP contribution in [0.5, 0.6) is 11.5 Å². The fourth-order valence-corrected chi connectivity index (χ4v) is 1.36. The summed E-state index contributed by atoms with van der Waals surface area (Å²) in [5.41, 5.74) is 2.70. The van der Waals surface area contributed by atoms with Crippen molar-refractivity contribution in [1.29, 1.82) is 0 Å². The first-order valence-electron chi connectivity index (χ1n) is 5.10. The summed E-state index contributed by atoms with van der Waals surface area (Å²) >= 11 is 5.82. The molecule has 2 N–H and O–H groups in total. The number of phenols is 1. The van der Waals surface area contributed by atoms with E-state index in [1.165, 1.54) is 19.4 Å². The summed E-state index contributed by atoms with van der Waals surface area (Å²) in [6, 6.07) is 3.04. The van der Waals surface area contributed by atoms with E-state index in [1.54, 1.807) is 13.0 Å². The maximum Gasteiger partial charge on any atom is 0.427 e. The lowest BCUT2D eigenvalue weighted by atomic mass is 10.2. The first-order chi connectivity index (χ1) is 8.58. The van der Waals surface area contributed by atoms with Crippen LogP contribution < -0.4 is 10.2 Å². The highest BCUT2D eigenvalue weighted by Crippen LogP contribution is 2.34. The van der Waals surface area contributed by atoms with Gasteiger partial charge in [-0.05, 0) is 24.6 Å². The van der Waals surface area contributed by atoms with Gasteiger partial charge in [0.05, 0.1) is 25.0 Å². The van der Waals surface area contributed by atoms with Crippen molar-refractivity contribution in [1.82, 2.24) is 5.43 Å². The van der Waals surface area contributed by atoms with Gasteiger partial charge in [-0.2, -0.15) is 5.10 Å². The van der Waals surface area contributed by atoms with Crippen molar-refractivity contribution in [3.8, 4) is 11.5 Å². The van der Waals surface area contributed by atoms with Crippen molar-refractivity contribution in [3.63, 3.8) is 0 Å². The molecule has 98 valence electrons. The lowest BCUT2D eigenvalue weighted by Gasteiger charge is -2.08. The first kappa shape index (κ1) is 14.1. The van der Waals surface area contributed by atoms with Crippen molar-refractivity contribution in [2.75, 3.05) is 13.7 Å². The van der Waals surface area contributed by atoms with Crippen molar-refractivity contribution in [2.45, 2.75) is 6.92 Å². The molecule has 0 saturated carbocycles. The molecule has 0 unspecified atom stereocenters. The molecule has 1 aromatic rings. The van der Waals surface area contributed by atoms with Crippen LogP contribution in [0.2, 0.25) is 5.02 Å². The molecule has 18 heavy (non-hydrogen) atoms. The van der Waals surface area contributed by atoms with Crippen molar-refractivity contribution < 1.29 is 19.4 Å². The molecule has 0 aromatic heterocycles. The molecule has 0 aliphatic carbocycles. The van der Waals surface area contributed by atoms with Gasteiger partial charge in [-0.1, -0.05) is 11.6 Å². The number of halogens is 1. The quantitative estimate of drug-likeness (QED) is 0.650. The molecule has 0 heterocycles. The van der Waals surface area contributed by atoms with Gasteiger partial charge in [0.15, 0.2) is 11.5 Å². The largest absolute Gasteiger partial charge is 0.503 e. The lowest BCUT2D eigenvalue weighted by Crippen LogP contribution is -2.16. The fourth-order valence-electron chi connectivity index (χ4n) is 1.14. The van der Waals surface area contributed by atoms with Gasteiger partial charge in [0, 0.05) is 0 Å². The first-order valence-corrected chi connectivity index (χ1v) is 5.48. The minimum Gasteiger partial charge on any atom is -0.503 e. The van der Waals surface area contributed by atoms with Crippen molar-refractivity contribution >= 4 is 23.9 Å². The molecule has 1 amide bonds. The van der Waals surface area contributed by atoms with Gasteiger partial charge in [-0.15, -0.1) is 0 Å². The molecule has 0 bridgehead atoms. The molecule has 0 fully saturated rings. The van der Waals surface area contributed by atoms with Crippen molar-refractivity contribution in [3.05, 3.63) is 22.7 Å². The second kappa shape index (κ2) is 6.70. The predicted octanol–water partition coefficient (Wildman–Crippen LogP) is 2.13. The highest BCUT2D eigenvalue weighted by molar-refractivity contribution is 6.32. The molecule has 1 aromatic carbocycles. The molecule has 0 radical (unpaired) electrons. The van der Waals surface area contributed by atoms with Crippen LogP contribution in [0.25, 0.3) is 0 Å². The number of hydrogen-bond donors (Lipinski definition) is 2. The molecule has 0 saturated heterocycles. The Hall–Kier alpha value is -1.95. The number of nitrogens with zero attached hydrogens (tertiary/aromatic N) is 1. The maximum absolute atomic E-state index is 10.8. The Kier molecular flexibility index (Phi) is 5.26. The van der Waals surface area contributed by atoms with Crippen LogP contribution in [0, 0.1) is 0 Å². The van der Waals surface area contributed by atoms with Crippen LogP contribution in [0.1, 0.15) is 12.5 Å². The van der Waals surface area contributed by atoms with Crippen molar-refractivity contribution in [2.24, 2.45) is 5.10 Å². The van der Waals surface area contributed by atoms with Gasteiger partial charge in [0.2, 0.25) is 0 Å². The van der Waals surface area contributed by atoms with E-state index in [1.807, 2.05) is 0 Å². The zero-order valence-corrected chi connectivity index (χ0v) is 10.7. The summed E-state index contributed by atoms with van der Waals surface area (Å²) in [5.74, 6) is 0.126. The van der Waals surface area contributed by atoms with E-state index in [4.69, 9.17) is 16.3 Å². The number of phenolic OH excluding ortho intramolecular Hbond substituents is 1. The van der Waals surface area contributed by atoms with Gasteiger partial charge in [0.1, 0.15) is 0 Å². The summed E-state index contributed by atoms with van der Waals surface area (Å²) in [6.45, 7) is 2.18. The van der Waals surface area contributed by atoms with E-state index in [2.05, 4.69) is 15.3 Å². The third-order valence-corrected chi connectivity index (χ3v) is 2.19. The lowest BCUT2D eigenvalue weighted by molar-refractivity contribution is 0.171. The van der Waals surface area contributed by atoms with Gasteiger partial charge < -0.3 is 14.6 Å². The van der Waals surface area contributed by atoms with Gasteiger partial charge in [-0.3, -0.25) is 0 Å². The van der Waals surface area contributed by atoms with E-state index in [0.717, 1.165) is 0 Å². The number of aromatic hydroxyl groups is 1. The van der Waals surface area contributed by atoms with E-state index in [0.29, 0.717) is 12.2 Å². The minimum absolute atomic E-state index is 0.128. The van der Waals surface area contributed by atoms with Crippen LogP contribution in [-0.4, -0.2) is 31.1 Å². The summed E-state index contributed by atoms with van der Waals surface area (Å²) in [5, 5.41) is 13.4. The van der Waals surface area contributed by atoms with Gasteiger partial charge in [0.25, 0.3) is 0 Å². The summed E-state index contributed by atoms with van der Waals surface area (Å²) < 4.78 is 9.54. The summed E-state index contributed by atoms with van der Waals surface area (Å²) in [7, 11) is 1.23. The number of methoxy groups -OCH3 is 1. The van der Waals surface area contributed by atoms with Crippen LogP contribution >= 0.6 is 11.6 Å². The SMILES string of the molecule is CCOc1cc(/C=N/NC(=O)OC)cc(Cl)c1O. The Balaban J connectivity index is 2.86. The van der Waals surface area contributed by atoms with Crippen LogP contribution in [0.3, 0.4) is 0 Å². The molecule has 0 spiro atoms. The zero-order chi connectivity index (χ0) is 13.5. The molecular formula is C11H13ClN2O4. The molecule has 0 atom stereocenters. The number of carbonyl (C=O) groups excluding carboxylic acids is 1. The topological polar surface area (TPSA) is 80.2 Å². The second-order valence-corrected chi connectivity index (χ2v) is 3.55. The number of hydrogen-bond acceptors (Lipinski definition) is 5. The molecule has 6 nitrogen and oxygen atoms in total. The third kappa shape index (κ3) is 3.81. The highest BCUT2D eigenvalue weighted by atomic mass is 35.5. The minimum atomic E-state index is -0.679. The van der Waals surface area contributed by atoms with E-state index >= 15 is 0 Å². The normalized spacial score (nSPS) is 10.4. The number of rotatable bonds is 4. The average molecular weight is 273 g/mol. The Morgan fingerprint density at radius 1 is 1.61 bits per heavy atom. The summed E-state index contributed by atoms with van der Waals surface area (Å²) in [6.07, 6.45) is 0.672. The molecule has 0 aliphatic heterocycles. The van der Waals surface area contributed by atoms with E-state index in [-0.39, 0.29) is 16.5 Å². The predicted molar refractivity (Wildman–Crippen MR) is 67.4 cm³/mol. The Bertz CT molecular complexity index is 463. The number of benzene rings is 1.